The Morgan fingerprint density at radius 3 is 2.33 bits per heavy atom. The minimum Gasteiger partial charge on any atom is -0.375 e. The van der Waals surface area contributed by atoms with Crippen molar-refractivity contribution in [2.24, 2.45) is 0 Å². The quantitative estimate of drug-likeness (QED) is 0.877. The van der Waals surface area contributed by atoms with Crippen molar-refractivity contribution in [2.45, 2.75) is 0 Å². The number of carbonyl (C=O) groups excluding carboxylic acids is 2. The predicted octanol–water partition coefficient (Wildman–Crippen LogP) is 2.03. The van der Waals surface area contributed by atoms with Crippen molar-refractivity contribution in [3.8, 4) is 0 Å². The van der Waals surface area contributed by atoms with Gasteiger partial charge in [0.2, 0.25) is 15.4 Å². The lowest BCUT2D eigenvalue weighted by Crippen LogP contribution is -2.17. The molecule has 0 unspecified atom stereocenters. The molecule has 2 rings (SSSR count). The molecule has 110 valence electrons. The molecule has 21 heavy (non-hydrogen) atoms. The largest absolute Gasteiger partial charge is 0.375 e. The second-order valence-electron chi connectivity index (χ2n) is 3.87. The molecule has 0 aliphatic carbocycles. The van der Waals surface area contributed by atoms with E-state index in [1.807, 2.05) is 0 Å². The van der Waals surface area contributed by atoms with Gasteiger partial charge in [0.05, 0.1) is 0 Å². The molecule has 0 aliphatic heterocycles. The number of hydrogen-bond donors (Lipinski definition) is 2. The third-order valence-electron chi connectivity index (χ3n) is 2.30. The number of nitrogens with one attached hydrogen (secondary N) is 2. The van der Waals surface area contributed by atoms with E-state index < -0.39 is 5.91 Å². The first kappa shape index (κ1) is 15.4. The monoisotopic (exact) mass is 326 g/mol. The van der Waals surface area contributed by atoms with Crippen LogP contribution in [-0.2, 0) is 9.53 Å². The summed E-state index contributed by atoms with van der Waals surface area (Å²) in [6.07, 6.45) is 0. The zero-order valence-corrected chi connectivity index (χ0v) is 12.5. The van der Waals surface area contributed by atoms with Gasteiger partial charge < -0.3 is 15.4 Å². The van der Waals surface area contributed by atoms with Crippen molar-refractivity contribution in [2.75, 3.05) is 24.4 Å². The van der Waals surface area contributed by atoms with E-state index in [1.165, 1.54) is 7.11 Å². The maximum Gasteiger partial charge on any atom is 0.286 e. The fourth-order valence-electron chi connectivity index (χ4n) is 1.45. The molecule has 9 heteroatoms. The Morgan fingerprint density at radius 1 is 1.19 bits per heavy atom. The van der Waals surface area contributed by atoms with Gasteiger partial charge >= 0.3 is 0 Å². The lowest BCUT2D eigenvalue weighted by molar-refractivity contribution is -0.119. The van der Waals surface area contributed by atoms with Gasteiger partial charge in [-0.3, -0.25) is 9.59 Å². The van der Waals surface area contributed by atoms with Gasteiger partial charge in [0, 0.05) is 18.5 Å². The van der Waals surface area contributed by atoms with E-state index >= 15 is 0 Å². The van der Waals surface area contributed by atoms with Crippen molar-refractivity contribution in [1.82, 2.24) is 10.2 Å². The Bertz CT molecular complexity index is 644. The number of halogens is 1. The number of aromatic nitrogens is 2. The summed E-state index contributed by atoms with van der Waals surface area (Å²) in [7, 11) is 1.44. The van der Waals surface area contributed by atoms with Crippen LogP contribution in [0.3, 0.4) is 0 Å². The van der Waals surface area contributed by atoms with Crippen LogP contribution in [0.25, 0.3) is 0 Å². The van der Waals surface area contributed by atoms with Crippen molar-refractivity contribution in [3.05, 3.63) is 33.7 Å². The highest BCUT2D eigenvalue weighted by Gasteiger charge is 2.12. The van der Waals surface area contributed by atoms with Gasteiger partial charge in [0.15, 0.2) is 0 Å². The fraction of sp³-hybridized carbons (Fsp3) is 0.167. The van der Waals surface area contributed by atoms with E-state index in [1.54, 1.807) is 24.3 Å². The second kappa shape index (κ2) is 7.11. The van der Waals surface area contributed by atoms with Crippen LogP contribution in [0.1, 0.15) is 9.80 Å². The second-order valence-corrected chi connectivity index (χ2v) is 5.43. The molecule has 0 radical (unpaired) electrons. The molecule has 2 amide bonds. The van der Waals surface area contributed by atoms with E-state index in [2.05, 4.69) is 20.8 Å². The number of anilines is 2. The van der Waals surface area contributed by atoms with Crippen LogP contribution in [0.4, 0.5) is 11.4 Å². The molecule has 1 heterocycles. The average Bonchev–Trinajstić information content (AvgIpc) is 2.88. The molecule has 2 aromatic rings. The molecule has 1 aromatic carbocycles. The summed E-state index contributed by atoms with van der Waals surface area (Å²) < 4.78 is 4.92. The first-order valence-electron chi connectivity index (χ1n) is 5.77. The summed E-state index contributed by atoms with van der Waals surface area (Å²) in [5, 5.41) is 12.7. The van der Waals surface area contributed by atoms with Gasteiger partial charge in [-0.15, -0.1) is 10.2 Å². The summed E-state index contributed by atoms with van der Waals surface area (Å²) in [6, 6.07) is 6.64. The molecule has 0 aliphatic rings. The maximum atomic E-state index is 11.8. The summed E-state index contributed by atoms with van der Waals surface area (Å²) in [4.78, 5) is 23.2. The molecular formula is C12H11ClN4O3S. The SMILES string of the molecule is COCC(=O)Nc1ccc(NC(=O)c2nnc(Cl)s2)cc1. The fourth-order valence-corrected chi connectivity index (χ4v) is 2.17. The molecule has 0 atom stereocenters. The summed E-state index contributed by atoms with van der Waals surface area (Å²) in [6.45, 7) is -0.0176. The Morgan fingerprint density at radius 2 is 1.81 bits per heavy atom. The van der Waals surface area contributed by atoms with Gasteiger partial charge in [0.25, 0.3) is 5.91 Å². The summed E-state index contributed by atoms with van der Waals surface area (Å²) in [5.74, 6) is -0.645. The van der Waals surface area contributed by atoms with Crippen molar-refractivity contribution >= 4 is 46.1 Å². The highest BCUT2D eigenvalue weighted by Crippen LogP contribution is 2.18. The standard InChI is InChI=1S/C12H11ClN4O3S/c1-20-6-9(18)14-7-2-4-8(5-3-7)15-10(19)11-16-17-12(13)21-11/h2-5H,6H2,1H3,(H,14,18)(H,15,19). The van der Waals surface area contributed by atoms with E-state index in [-0.39, 0.29) is 22.0 Å². The number of benzene rings is 1. The number of amides is 2. The minimum atomic E-state index is -0.393. The van der Waals surface area contributed by atoms with E-state index in [4.69, 9.17) is 16.3 Å². The van der Waals surface area contributed by atoms with Gasteiger partial charge in [0.1, 0.15) is 6.61 Å². The lowest BCUT2D eigenvalue weighted by Gasteiger charge is -2.06. The van der Waals surface area contributed by atoms with E-state index in [0.717, 1.165) is 11.3 Å². The van der Waals surface area contributed by atoms with E-state index in [9.17, 15) is 9.59 Å². The number of ether oxygens (including phenoxy) is 1. The van der Waals surface area contributed by atoms with Crippen molar-refractivity contribution in [1.29, 1.82) is 0 Å². The summed E-state index contributed by atoms with van der Waals surface area (Å²) in [5.41, 5.74) is 1.17. The Balaban J connectivity index is 1.96. The Hall–Kier alpha value is -2.03. The first-order valence-corrected chi connectivity index (χ1v) is 6.97. The van der Waals surface area contributed by atoms with Crippen molar-refractivity contribution < 1.29 is 14.3 Å². The maximum absolute atomic E-state index is 11.8. The molecular weight excluding hydrogens is 316 g/mol. The molecule has 0 saturated carbocycles. The number of rotatable bonds is 5. The molecule has 2 N–H and O–H groups in total. The number of methoxy groups -OCH3 is 1. The smallest absolute Gasteiger partial charge is 0.286 e. The molecule has 0 bridgehead atoms. The van der Waals surface area contributed by atoms with Crippen LogP contribution in [0, 0.1) is 0 Å². The zero-order valence-electron chi connectivity index (χ0n) is 10.9. The zero-order chi connectivity index (χ0) is 15.2. The van der Waals surface area contributed by atoms with Gasteiger partial charge in [-0.25, -0.2) is 0 Å². The third kappa shape index (κ3) is 4.48. The lowest BCUT2D eigenvalue weighted by atomic mass is 10.2. The van der Waals surface area contributed by atoms with Gasteiger partial charge in [-0.05, 0) is 35.9 Å². The first-order chi connectivity index (χ1) is 10.1. The van der Waals surface area contributed by atoms with Gasteiger partial charge in [-0.1, -0.05) is 11.3 Å². The van der Waals surface area contributed by atoms with Crippen LogP contribution >= 0.6 is 22.9 Å². The number of carbonyl (C=O) groups is 2. The summed E-state index contributed by atoms with van der Waals surface area (Å²) >= 11 is 6.61. The molecule has 1 aromatic heterocycles. The van der Waals surface area contributed by atoms with E-state index in [0.29, 0.717) is 11.4 Å². The van der Waals surface area contributed by atoms with Crippen molar-refractivity contribution in [3.63, 3.8) is 0 Å². The Kier molecular flexibility index (Phi) is 5.20. The van der Waals surface area contributed by atoms with Crippen LogP contribution in [0.5, 0.6) is 0 Å². The minimum absolute atomic E-state index is 0.0176. The van der Waals surface area contributed by atoms with Crippen LogP contribution in [-0.4, -0.2) is 35.7 Å². The topological polar surface area (TPSA) is 93.2 Å². The molecule has 0 saturated heterocycles. The average molecular weight is 327 g/mol. The number of nitrogens with zero attached hydrogens (tertiary/aromatic N) is 2. The van der Waals surface area contributed by atoms with Gasteiger partial charge in [-0.2, -0.15) is 0 Å². The highest BCUT2D eigenvalue weighted by atomic mass is 35.5. The predicted molar refractivity (Wildman–Crippen MR) is 79.8 cm³/mol. The van der Waals surface area contributed by atoms with Crippen LogP contribution < -0.4 is 10.6 Å². The van der Waals surface area contributed by atoms with Crippen LogP contribution in [0.2, 0.25) is 4.47 Å². The normalized spacial score (nSPS) is 10.2. The van der Waals surface area contributed by atoms with Crippen LogP contribution in [0.15, 0.2) is 24.3 Å². The number of hydrogen-bond acceptors (Lipinski definition) is 6. The Labute approximate surface area is 129 Å². The third-order valence-corrected chi connectivity index (χ3v) is 3.31. The molecule has 0 fully saturated rings. The molecule has 7 nitrogen and oxygen atoms in total. The molecule has 0 spiro atoms. The highest BCUT2D eigenvalue weighted by molar-refractivity contribution is 7.17.